The topological polar surface area (TPSA) is 41.6 Å². The summed E-state index contributed by atoms with van der Waals surface area (Å²) in [6.07, 6.45) is 4.41. The fraction of sp³-hybridized carbons (Fsp3) is 0. The van der Waals surface area contributed by atoms with Crippen molar-refractivity contribution in [2.24, 2.45) is 0 Å². The van der Waals surface area contributed by atoms with Crippen molar-refractivity contribution in [2.75, 3.05) is 0 Å². The van der Waals surface area contributed by atoms with Crippen molar-refractivity contribution in [3.63, 3.8) is 0 Å². The quantitative estimate of drug-likeness (QED) is 0.726. The van der Waals surface area contributed by atoms with Gasteiger partial charge in [0.05, 0.1) is 10.0 Å². The maximum Gasteiger partial charge on any atom is 0.175 e. The van der Waals surface area contributed by atoms with Crippen molar-refractivity contribution in [1.82, 2.24) is 15.0 Å². The Hall–Kier alpha value is -1.58. The molecule has 17 heavy (non-hydrogen) atoms. The van der Waals surface area contributed by atoms with Gasteiger partial charge in [0.15, 0.2) is 12.0 Å². The van der Waals surface area contributed by atoms with E-state index in [9.17, 15) is 0 Å². The lowest BCUT2D eigenvalue weighted by Crippen LogP contribution is -1.82. The van der Waals surface area contributed by atoms with E-state index in [1.54, 1.807) is 12.3 Å². The summed E-state index contributed by atoms with van der Waals surface area (Å²) in [6, 6.07) is 7.39. The summed E-state index contributed by atoms with van der Waals surface area (Å²) in [5.41, 5.74) is 3.38. The molecule has 0 aliphatic rings. The Bertz CT molecular complexity index is 691. The van der Waals surface area contributed by atoms with Crippen LogP contribution >= 0.6 is 23.2 Å². The van der Waals surface area contributed by atoms with Crippen molar-refractivity contribution in [2.45, 2.75) is 0 Å². The molecular formula is C12H6Cl2N3. The molecule has 0 saturated heterocycles. The van der Waals surface area contributed by atoms with Gasteiger partial charge in [0.1, 0.15) is 5.52 Å². The van der Waals surface area contributed by atoms with Gasteiger partial charge in [-0.15, -0.1) is 0 Å². The van der Waals surface area contributed by atoms with Crippen LogP contribution in [-0.2, 0) is 0 Å². The van der Waals surface area contributed by atoms with Crippen LogP contribution < -0.4 is 0 Å². The monoisotopic (exact) mass is 262 g/mol. The van der Waals surface area contributed by atoms with E-state index < -0.39 is 0 Å². The molecule has 1 aromatic carbocycles. The van der Waals surface area contributed by atoms with Crippen molar-refractivity contribution in [3.8, 4) is 11.1 Å². The molecule has 2 heterocycles. The average molecular weight is 263 g/mol. The van der Waals surface area contributed by atoms with Gasteiger partial charge >= 0.3 is 0 Å². The summed E-state index contributed by atoms with van der Waals surface area (Å²) < 4.78 is 0. The first-order valence-electron chi connectivity index (χ1n) is 4.91. The highest BCUT2D eigenvalue weighted by molar-refractivity contribution is 6.42. The van der Waals surface area contributed by atoms with Gasteiger partial charge in [0, 0.05) is 11.8 Å². The number of nitrogens with one attached hydrogen (secondary N) is 1. The van der Waals surface area contributed by atoms with Gasteiger partial charge in [-0.25, -0.2) is 9.97 Å². The lowest BCUT2D eigenvalue weighted by Gasteiger charge is -2.02. The van der Waals surface area contributed by atoms with E-state index in [2.05, 4.69) is 21.3 Å². The molecule has 0 aliphatic heterocycles. The van der Waals surface area contributed by atoms with E-state index >= 15 is 0 Å². The molecule has 0 atom stereocenters. The van der Waals surface area contributed by atoms with Crippen LogP contribution in [0, 0.1) is 6.33 Å². The number of halogens is 2. The van der Waals surface area contributed by atoms with Crippen molar-refractivity contribution in [3.05, 3.63) is 46.8 Å². The van der Waals surface area contributed by atoms with Gasteiger partial charge in [0.2, 0.25) is 0 Å². The number of nitrogens with zero attached hydrogens (tertiary/aromatic N) is 2. The van der Waals surface area contributed by atoms with Crippen LogP contribution in [0.2, 0.25) is 10.0 Å². The summed E-state index contributed by atoms with van der Waals surface area (Å²) in [7, 11) is 0. The number of pyridine rings is 1. The first-order valence-corrected chi connectivity index (χ1v) is 5.67. The minimum atomic E-state index is 0.526. The van der Waals surface area contributed by atoms with Gasteiger partial charge in [-0.3, -0.25) is 0 Å². The highest BCUT2D eigenvalue weighted by Gasteiger charge is 2.05. The molecule has 0 bridgehead atoms. The van der Waals surface area contributed by atoms with E-state index in [4.69, 9.17) is 23.2 Å². The maximum absolute atomic E-state index is 5.98. The average Bonchev–Trinajstić information content (AvgIpc) is 2.79. The van der Waals surface area contributed by atoms with Gasteiger partial charge in [-0.1, -0.05) is 29.3 Å². The third-order valence-electron chi connectivity index (χ3n) is 2.47. The number of rotatable bonds is 1. The molecule has 3 aromatic rings. The van der Waals surface area contributed by atoms with Crippen LogP contribution in [0.3, 0.4) is 0 Å². The predicted molar refractivity (Wildman–Crippen MR) is 68.2 cm³/mol. The van der Waals surface area contributed by atoms with Crippen LogP contribution in [0.15, 0.2) is 30.5 Å². The zero-order chi connectivity index (χ0) is 11.8. The fourth-order valence-electron chi connectivity index (χ4n) is 1.61. The number of aromatic amines is 1. The Morgan fingerprint density at radius 3 is 2.76 bits per heavy atom. The number of fused-ring (bicyclic) bond motifs is 1. The van der Waals surface area contributed by atoms with Crippen LogP contribution in [0.4, 0.5) is 0 Å². The lowest BCUT2D eigenvalue weighted by molar-refractivity contribution is 1.29. The van der Waals surface area contributed by atoms with Crippen molar-refractivity contribution < 1.29 is 0 Å². The first kappa shape index (κ1) is 10.6. The molecule has 0 unspecified atom stereocenters. The van der Waals surface area contributed by atoms with Crippen molar-refractivity contribution >= 4 is 34.4 Å². The molecule has 0 amide bonds. The van der Waals surface area contributed by atoms with Crippen LogP contribution in [0.1, 0.15) is 0 Å². The SMILES string of the molecule is Clc1ccc(-c2cnc3[nH][c]nc3c2)cc1Cl. The Morgan fingerprint density at radius 1 is 1.06 bits per heavy atom. The molecule has 0 aliphatic carbocycles. The zero-order valence-electron chi connectivity index (χ0n) is 8.54. The molecular weight excluding hydrogens is 257 g/mol. The zero-order valence-corrected chi connectivity index (χ0v) is 10.0. The van der Waals surface area contributed by atoms with Crippen LogP contribution in [-0.4, -0.2) is 15.0 Å². The Morgan fingerprint density at radius 2 is 1.94 bits per heavy atom. The Labute approximate surface area is 107 Å². The molecule has 5 heteroatoms. The third-order valence-corrected chi connectivity index (χ3v) is 3.21. The highest BCUT2D eigenvalue weighted by atomic mass is 35.5. The van der Waals surface area contributed by atoms with Crippen LogP contribution in [0.25, 0.3) is 22.3 Å². The molecule has 83 valence electrons. The van der Waals surface area contributed by atoms with E-state index in [0.717, 1.165) is 16.6 Å². The van der Waals surface area contributed by atoms with E-state index in [0.29, 0.717) is 15.7 Å². The summed E-state index contributed by atoms with van der Waals surface area (Å²) in [4.78, 5) is 11.1. The fourth-order valence-corrected chi connectivity index (χ4v) is 1.91. The second-order valence-corrected chi connectivity index (χ2v) is 4.38. The van der Waals surface area contributed by atoms with Crippen molar-refractivity contribution in [1.29, 1.82) is 0 Å². The molecule has 1 radical (unpaired) electrons. The summed E-state index contributed by atoms with van der Waals surface area (Å²) in [6.45, 7) is 0. The molecule has 0 saturated carbocycles. The molecule has 2 aromatic heterocycles. The molecule has 3 rings (SSSR count). The van der Waals surface area contributed by atoms with E-state index in [-0.39, 0.29) is 0 Å². The Balaban J connectivity index is 2.16. The number of hydrogen-bond acceptors (Lipinski definition) is 2. The number of hydrogen-bond donors (Lipinski definition) is 1. The van der Waals surface area contributed by atoms with Gasteiger partial charge in [-0.2, -0.15) is 0 Å². The maximum atomic E-state index is 5.98. The third kappa shape index (κ3) is 1.88. The van der Waals surface area contributed by atoms with E-state index in [1.807, 2.05) is 18.2 Å². The van der Waals surface area contributed by atoms with Gasteiger partial charge < -0.3 is 4.98 Å². The smallest absolute Gasteiger partial charge is 0.175 e. The lowest BCUT2D eigenvalue weighted by atomic mass is 10.1. The molecule has 3 nitrogen and oxygen atoms in total. The number of aromatic nitrogens is 3. The highest BCUT2D eigenvalue weighted by Crippen LogP contribution is 2.28. The summed E-state index contributed by atoms with van der Waals surface area (Å²) in [5.74, 6) is 0. The predicted octanol–water partition coefficient (Wildman–Crippen LogP) is 3.73. The molecule has 0 spiro atoms. The second-order valence-electron chi connectivity index (χ2n) is 3.57. The number of imidazole rings is 1. The second kappa shape index (κ2) is 4.02. The van der Waals surface area contributed by atoms with Gasteiger partial charge in [0.25, 0.3) is 0 Å². The minimum absolute atomic E-state index is 0.526. The molecule has 1 N–H and O–H groups in total. The number of H-pyrrole nitrogens is 1. The van der Waals surface area contributed by atoms with Gasteiger partial charge in [-0.05, 0) is 23.8 Å². The Kier molecular flexibility index (Phi) is 2.50. The number of benzene rings is 1. The van der Waals surface area contributed by atoms with E-state index in [1.165, 1.54) is 0 Å². The molecule has 0 fully saturated rings. The largest absolute Gasteiger partial charge is 0.320 e. The normalized spacial score (nSPS) is 10.9. The summed E-state index contributed by atoms with van der Waals surface area (Å²) in [5, 5.41) is 1.07. The standard InChI is InChI=1S/C12H6Cl2N3/c13-9-2-1-7(3-10(9)14)8-4-11-12(15-5-8)17-6-16-11/h1-5H,(H,15,16,17). The minimum Gasteiger partial charge on any atom is -0.320 e. The van der Waals surface area contributed by atoms with Crippen LogP contribution in [0.5, 0.6) is 0 Å². The first-order chi connectivity index (χ1) is 8.24. The summed E-state index contributed by atoms with van der Waals surface area (Å²) >= 11 is 11.9.